The average Bonchev–Trinajstić information content (AvgIpc) is 3.25. The van der Waals surface area contributed by atoms with Crippen molar-refractivity contribution in [1.29, 1.82) is 0 Å². The Morgan fingerprint density at radius 1 is 1.38 bits per heavy atom. The van der Waals surface area contributed by atoms with Crippen molar-refractivity contribution in [3.63, 3.8) is 0 Å². The van der Waals surface area contributed by atoms with Crippen LogP contribution in [0.2, 0.25) is 0 Å². The summed E-state index contributed by atoms with van der Waals surface area (Å²) < 4.78 is 12.5. The molecule has 0 amide bonds. The highest BCUT2D eigenvalue weighted by Gasteiger charge is 2.21. The smallest absolute Gasteiger partial charge is 0.373 e. The Balaban J connectivity index is 1.48. The highest BCUT2D eigenvalue weighted by Crippen LogP contribution is 2.22. The van der Waals surface area contributed by atoms with Gasteiger partial charge >= 0.3 is 5.97 Å². The molecule has 3 heterocycles. The molecule has 0 atom stereocenters. The van der Waals surface area contributed by atoms with Crippen LogP contribution in [0.25, 0.3) is 0 Å². The molecule has 130 valence electrons. The second kappa shape index (κ2) is 7.66. The molecule has 0 spiro atoms. The number of hydrogen-bond acceptors (Lipinski definition) is 5. The number of aromatic nitrogens is 2. The molecular formula is C18H25N3O3. The molecule has 24 heavy (non-hydrogen) atoms. The van der Waals surface area contributed by atoms with Crippen LogP contribution in [-0.4, -0.2) is 40.6 Å². The summed E-state index contributed by atoms with van der Waals surface area (Å²) in [5.74, 6) is 2.53. The van der Waals surface area contributed by atoms with Crippen molar-refractivity contribution < 1.29 is 13.9 Å². The van der Waals surface area contributed by atoms with Gasteiger partial charge < -0.3 is 13.7 Å². The third-order valence-electron chi connectivity index (χ3n) is 4.71. The number of imidazole rings is 1. The van der Waals surface area contributed by atoms with E-state index in [4.69, 9.17) is 4.42 Å². The summed E-state index contributed by atoms with van der Waals surface area (Å²) in [7, 11) is 1.36. The van der Waals surface area contributed by atoms with E-state index in [1.165, 1.54) is 25.8 Å². The van der Waals surface area contributed by atoms with Crippen LogP contribution in [0.1, 0.15) is 41.9 Å². The topological polar surface area (TPSA) is 60.5 Å². The van der Waals surface area contributed by atoms with Gasteiger partial charge in [0.05, 0.1) is 13.7 Å². The van der Waals surface area contributed by atoms with Crippen molar-refractivity contribution in [3.05, 3.63) is 41.9 Å². The van der Waals surface area contributed by atoms with Crippen molar-refractivity contribution in [2.24, 2.45) is 5.92 Å². The Hall–Kier alpha value is -2.08. The number of carbonyl (C=O) groups excluding carboxylic acids is 1. The van der Waals surface area contributed by atoms with Crippen molar-refractivity contribution in [1.82, 2.24) is 14.5 Å². The minimum atomic E-state index is -0.424. The summed E-state index contributed by atoms with van der Waals surface area (Å²) in [5, 5.41) is 0. The quantitative estimate of drug-likeness (QED) is 0.762. The molecule has 1 aliphatic heterocycles. The number of nitrogens with zero attached hydrogens (tertiary/aromatic N) is 3. The Kier molecular flexibility index (Phi) is 5.35. The lowest BCUT2D eigenvalue weighted by Crippen LogP contribution is -2.34. The van der Waals surface area contributed by atoms with E-state index in [0.717, 1.165) is 38.4 Å². The fraction of sp³-hybridized carbons (Fsp3) is 0.556. The number of piperidine rings is 1. The van der Waals surface area contributed by atoms with Gasteiger partial charge in [-0.25, -0.2) is 9.78 Å². The number of esters is 1. The van der Waals surface area contributed by atoms with E-state index in [1.54, 1.807) is 6.07 Å². The van der Waals surface area contributed by atoms with Crippen LogP contribution >= 0.6 is 0 Å². The molecule has 2 aromatic rings. The molecular weight excluding hydrogens is 306 g/mol. The summed E-state index contributed by atoms with van der Waals surface area (Å²) in [5.41, 5.74) is 0. The third-order valence-corrected chi connectivity index (χ3v) is 4.71. The average molecular weight is 331 g/mol. The molecule has 3 rings (SSSR count). The largest absolute Gasteiger partial charge is 0.463 e. The molecule has 0 aromatic carbocycles. The first kappa shape index (κ1) is 16.8. The second-order valence-corrected chi connectivity index (χ2v) is 6.33. The van der Waals surface area contributed by atoms with Crippen molar-refractivity contribution >= 4 is 5.97 Å². The number of aryl methyl sites for hydroxylation is 1. The number of furan rings is 1. The van der Waals surface area contributed by atoms with Crippen LogP contribution < -0.4 is 0 Å². The Bertz CT molecular complexity index is 669. The van der Waals surface area contributed by atoms with Crippen molar-refractivity contribution in [2.45, 2.75) is 39.3 Å². The van der Waals surface area contributed by atoms with Gasteiger partial charge in [-0.1, -0.05) is 6.92 Å². The molecule has 0 aliphatic carbocycles. The first-order valence-corrected chi connectivity index (χ1v) is 8.59. The van der Waals surface area contributed by atoms with Gasteiger partial charge in [0.2, 0.25) is 5.76 Å². The van der Waals surface area contributed by atoms with E-state index in [0.29, 0.717) is 5.92 Å². The predicted octanol–water partition coefficient (Wildman–Crippen LogP) is 2.74. The predicted molar refractivity (Wildman–Crippen MR) is 89.7 cm³/mol. The summed E-state index contributed by atoms with van der Waals surface area (Å²) >= 11 is 0. The zero-order chi connectivity index (χ0) is 16.9. The second-order valence-electron chi connectivity index (χ2n) is 6.33. The molecule has 1 fully saturated rings. The standard InChI is InChI=1S/C18H25N3O3/c1-3-17-19-8-11-21(17)12-14-6-9-20(10-7-14)13-15-4-5-16(24-15)18(22)23-2/h4-5,8,11,14H,3,6-7,9-10,12-13H2,1-2H3. The van der Waals surface area contributed by atoms with E-state index in [9.17, 15) is 4.79 Å². The van der Waals surface area contributed by atoms with Gasteiger partial charge in [0.25, 0.3) is 0 Å². The highest BCUT2D eigenvalue weighted by atomic mass is 16.5. The Morgan fingerprint density at radius 3 is 2.88 bits per heavy atom. The maximum absolute atomic E-state index is 11.4. The molecule has 2 aromatic heterocycles. The summed E-state index contributed by atoms with van der Waals surface area (Å²) in [6.45, 7) is 6.05. The lowest BCUT2D eigenvalue weighted by Gasteiger charge is -2.31. The molecule has 0 unspecified atom stereocenters. The molecule has 6 heteroatoms. The Labute approximate surface area is 142 Å². The number of rotatable bonds is 6. The van der Waals surface area contributed by atoms with Gasteiger partial charge in [0, 0.05) is 25.4 Å². The number of ether oxygens (including phenoxy) is 1. The maximum Gasteiger partial charge on any atom is 0.373 e. The zero-order valence-corrected chi connectivity index (χ0v) is 14.4. The summed E-state index contributed by atoms with van der Waals surface area (Å²) in [6, 6.07) is 3.54. The molecule has 0 N–H and O–H groups in total. The van der Waals surface area contributed by atoms with Gasteiger partial charge in [0.1, 0.15) is 11.6 Å². The van der Waals surface area contributed by atoms with E-state index in [1.807, 2.05) is 12.3 Å². The van der Waals surface area contributed by atoms with Crippen molar-refractivity contribution in [3.8, 4) is 0 Å². The van der Waals surface area contributed by atoms with Gasteiger partial charge in [-0.15, -0.1) is 0 Å². The van der Waals surface area contributed by atoms with Crippen LogP contribution in [-0.2, 0) is 24.2 Å². The van der Waals surface area contributed by atoms with Crippen LogP contribution in [0.15, 0.2) is 28.9 Å². The van der Waals surface area contributed by atoms with Crippen LogP contribution in [0.3, 0.4) is 0 Å². The highest BCUT2D eigenvalue weighted by molar-refractivity contribution is 5.86. The SMILES string of the molecule is CCc1nccn1CC1CCN(Cc2ccc(C(=O)OC)o2)CC1. The minimum absolute atomic E-state index is 0.273. The van der Waals surface area contributed by atoms with E-state index < -0.39 is 5.97 Å². The molecule has 0 bridgehead atoms. The zero-order valence-electron chi connectivity index (χ0n) is 14.4. The first-order valence-electron chi connectivity index (χ1n) is 8.59. The van der Waals surface area contributed by atoms with Gasteiger partial charge in [-0.3, -0.25) is 4.90 Å². The van der Waals surface area contributed by atoms with Crippen molar-refractivity contribution in [2.75, 3.05) is 20.2 Å². The van der Waals surface area contributed by atoms with Gasteiger partial charge in [0.15, 0.2) is 0 Å². The maximum atomic E-state index is 11.4. The van der Waals surface area contributed by atoms with Crippen LogP contribution in [0.5, 0.6) is 0 Å². The molecule has 0 radical (unpaired) electrons. The van der Waals surface area contributed by atoms with E-state index in [2.05, 4.69) is 32.3 Å². The van der Waals surface area contributed by atoms with Crippen LogP contribution in [0, 0.1) is 5.92 Å². The molecule has 0 saturated carbocycles. The monoisotopic (exact) mass is 331 g/mol. The third kappa shape index (κ3) is 3.87. The number of methoxy groups -OCH3 is 1. The minimum Gasteiger partial charge on any atom is -0.463 e. The van der Waals surface area contributed by atoms with E-state index in [-0.39, 0.29) is 5.76 Å². The number of likely N-dealkylation sites (tertiary alicyclic amines) is 1. The molecule has 1 aliphatic rings. The fourth-order valence-corrected chi connectivity index (χ4v) is 3.32. The first-order chi connectivity index (χ1) is 11.7. The Morgan fingerprint density at radius 2 is 2.17 bits per heavy atom. The normalized spacial score (nSPS) is 16.4. The van der Waals surface area contributed by atoms with E-state index >= 15 is 0 Å². The fourth-order valence-electron chi connectivity index (χ4n) is 3.32. The lowest BCUT2D eigenvalue weighted by molar-refractivity contribution is 0.0560. The number of hydrogen-bond donors (Lipinski definition) is 0. The summed E-state index contributed by atoms with van der Waals surface area (Å²) in [4.78, 5) is 18.2. The van der Waals surface area contributed by atoms with Gasteiger partial charge in [-0.2, -0.15) is 0 Å². The van der Waals surface area contributed by atoms with Crippen LogP contribution in [0.4, 0.5) is 0 Å². The summed E-state index contributed by atoms with van der Waals surface area (Å²) in [6.07, 6.45) is 7.30. The molecule has 6 nitrogen and oxygen atoms in total. The van der Waals surface area contributed by atoms with Gasteiger partial charge in [-0.05, 0) is 44.0 Å². The number of carbonyl (C=O) groups is 1. The molecule has 1 saturated heterocycles. The lowest BCUT2D eigenvalue weighted by atomic mass is 9.96.